The highest BCUT2D eigenvalue weighted by molar-refractivity contribution is 7.89. The Bertz CT molecular complexity index is 2160. The summed E-state index contributed by atoms with van der Waals surface area (Å²) in [5.74, 6) is -7.01. The van der Waals surface area contributed by atoms with Crippen molar-refractivity contribution in [3.8, 4) is 17.2 Å². The van der Waals surface area contributed by atoms with Gasteiger partial charge in [0, 0.05) is 31.4 Å². The Morgan fingerprint density at radius 1 is 1.25 bits per heavy atom. The summed E-state index contributed by atoms with van der Waals surface area (Å²) >= 11 is 0. The Labute approximate surface area is 281 Å². The second-order valence-electron chi connectivity index (χ2n) is 10.6. The quantitative estimate of drug-likeness (QED) is 0.429. The van der Waals surface area contributed by atoms with Crippen LogP contribution >= 0.6 is 0 Å². The number of fused-ring (bicyclic) bond motifs is 2. The fourth-order valence-corrected chi connectivity index (χ4v) is 6.42. The highest BCUT2D eigenvalue weighted by Gasteiger charge is 2.53. The lowest BCUT2D eigenvalue weighted by molar-refractivity contribution is -0.0911. The summed E-state index contributed by atoms with van der Waals surface area (Å²) < 4.78 is 203. The number of aromatic hydroxyl groups is 1. The SMILES string of the molecule is [2H]C1([2H])C[C@@H]2[C@H](O1)OC([2H])([2H])[C@]2([2H])OC(=O)N1[C@@H](Cc2ccc(O)cc2)[C@@]([2H])(CN(C([2H])([2H])C([2H])(C([2H])([2H])[2H])C([2H])([2H])[2H])S(=O)(=O)c2ccc3c(c2)OC([2H])([2H])O3)OC1(C)C. The van der Waals surface area contributed by atoms with Crippen LogP contribution in [-0.4, -0.2) is 91.9 Å². The maximum absolute atomic E-state index is 14.8. The number of hydrogen-bond acceptors (Lipinski definition) is 10. The van der Waals surface area contributed by atoms with Gasteiger partial charge < -0.3 is 33.5 Å². The van der Waals surface area contributed by atoms with E-state index >= 15 is 0 Å². The first kappa shape index (κ1) is 16.5. The van der Waals surface area contributed by atoms with Crippen molar-refractivity contribution in [1.82, 2.24) is 9.21 Å². The first-order valence-corrected chi connectivity index (χ1v) is 14.7. The third-order valence-electron chi connectivity index (χ3n) is 7.19. The molecular weight excluding hydrogens is 592 g/mol. The molecule has 2 aromatic rings. The van der Waals surface area contributed by atoms with E-state index in [4.69, 9.17) is 50.4 Å². The highest BCUT2D eigenvalue weighted by Crippen LogP contribution is 2.39. The second kappa shape index (κ2) is 12.0. The van der Waals surface area contributed by atoms with Crippen LogP contribution < -0.4 is 9.47 Å². The molecule has 0 radical (unpaired) electrons. The summed E-state index contributed by atoms with van der Waals surface area (Å²) in [5, 5.41) is 9.98. The van der Waals surface area contributed by atoms with Crippen molar-refractivity contribution in [3.05, 3.63) is 48.0 Å². The molecule has 0 aromatic heterocycles. The fraction of sp³-hybridized carbons (Fsp3) is 0.581. The average Bonchev–Trinajstić information content (AvgIpc) is 3.68. The monoisotopic (exact) mass is 649 g/mol. The number of hydrogen-bond donors (Lipinski definition) is 1. The van der Waals surface area contributed by atoms with Gasteiger partial charge >= 0.3 is 6.09 Å². The molecule has 240 valence electrons. The summed E-state index contributed by atoms with van der Waals surface area (Å²) in [6.45, 7) is -20.4. The first-order chi connectivity index (χ1) is 27.3. The molecule has 2 aromatic carbocycles. The molecule has 0 saturated carbocycles. The second-order valence-corrected chi connectivity index (χ2v) is 12.4. The third kappa shape index (κ3) is 6.08. The lowest BCUT2D eigenvalue weighted by Crippen LogP contribution is -2.51. The van der Waals surface area contributed by atoms with Gasteiger partial charge in [0.05, 0.1) is 44.3 Å². The number of sulfonamides is 1. The molecule has 12 nitrogen and oxygen atoms in total. The molecule has 0 spiro atoms. The summed E-state index contributed by atoms with van der Waals surface area (Å²) in [4.78, 5) is 14.1. The molecule has 0 unspecified atom stereocenters. The zero-order valence-electron chi connectivity index (χ0n) is 40.3. The van der Waals surface area contributed by atoms with E-state index in [1.54, 1.807) is 0 Å². The molecular formula is C31H40N2O10S. The van der Waals surface area contributed by atoms with E-state index in [2.05, 4.69) is 0 Å². The largest absolute Gasteiger partial charge is 0.508 e. The molecule has 3 fully saturated rings. The minimum Gasteiger partial charge on any atom is -0.508 e. The molecule has 0 aliphatic carbocycles. The Kier molecular flexibility index (Phi) is 4.49. The maximum Gasteiger partial charge on any atom is 0.412 e. The number of carbonyl (C=O) groups is 1. The molecule has 1 amide bonds. The lowest BCUT2D eigenvalue weighted by atomic mass is 9.99. The molecule has 1 N–H and O–H groups in total. The van der Waals surface area contributed by atoms with Crippen LogP contribution in [0.1, 0.15) is 62.8 Å². The van der Waals surface area contributed by atoms with Crippen LogP contribution in [0.25, 0.3) is 0 Å². The Morgan fingerprint density at radius 3 is 2.80 bits per heavy atom. The van der Waals surface area contributed by atoms with Gasteiger partial charge in [-0.2, -0.15) is 4.31 Å². The van der Waals surface area contributed by atoms with Crippen LogP contribution in [-0.2, 0) is 35.4 Å². The van der Waals surface area contributed by atoms with E-state index < -0.39 is 133 Å². The Balaban J connectivity index is 1.51. The molecule has 3 saturated heterocycles. The van der Waals surface area contributed by atoms with E-state index in [0.29, 0.717) is 11.0 Å². The first-order valence-electron chi connectivity index (χ1n) is 21.8. The lowest BCUT2D eigenvalue weighted by Gasteiger charge is -2.34. The van der Waals surface area contributed by atoms with Crippen molar-refractivity contribution in [3.63, 3.8) is 0 Å². The van der Waals surface area contributed by atoms with E-state index in [1.807, 2.05) is 0 Å². The number of phenols is 1. The standard InChI is InChI=1S/C31H40N2O10S/c1-19(2)15-32(44(36,37)22-9-10-25-26(14-22)41-18-40-25)16-27-24(13-20-5-7-21(34)8-6-20)33(31(3,4)43-27)30(35)42-28-17-39-29-23(28)11-12-38-29/h5-10,14,19,23-24,27-29,34H,11-13,15-18H2,1-4H3/t23-,24-,27+,28-,29+/m0/s1/i1D3,2D3,12D2,15D2,17D2,18D2,19D,27D,28D. The zero-order valence-corrected chi connectivity index (χ0v) is 24.1. The van der Waals surface area contributed by atoms with Crippen molar-refractivity contribution < 1.29 is 70.0 Å². The van der Waals surface area contributed by atoms with Gasteiger partial charge in [-0.1, -0.05) is 25.8 Å². The maximum atomic E-state index is 14.8. The van der Waals surface area contributed by atoms with Gasteiger partial charge in [-0.15, -0.1) is 0 Å². The number of amides is 1. The number of rotatable bonds is 9. The zero-order chi connectivity index (χ0) is 46.2. The number of carbonyl (C=O) groups excluding carboxylic acids is 1. The van der Waals surface area contributed by atoms with Crippen LogP contribution in [0.5, 0.6) is 17.2 Å². The fourth-order valence-electron chi connectivity index (χ4n) is 5.16. The molecule has 44 heavy (non-hydrogen) atoms. The number of benzene rings is 2. The smallest absolute Gasteiger partial charge is 0.412 e. The summed E-state index contributed by atoms with van der Waals surface area (Å²) in [5.41, 5.74) is -2.00. The summed E-state index contributed by atoms with van der Waals surface area (Å²) in [7, 11) is -5.72. The van der Waals surface area contributed by atoms with Crippen molar-refractivity contribution in [2.24, 2.45) is 11.8 Å². The molecule has 13 heteroatoms. The van der Waals surface area contributed by atoms with Gasteiger partial charge in [0.1, 0.15) is 20.3 Å². The van der Waals surface area contributed by atoms with Gasteiger partial charge in [0.15, 0.2) is 17.8 Å². The van der Waals surface area contributed by atoms with Crippen molar-refractivity contribution in [2.45, 2.75) is 75.5 Å². The number of ether oxygens (including phenoxy) is 6. The van der Waals surface area contributed by atoms with Gasteiger partial charge in [0.2, 0.25) is 16.8 Å². The topological polar surface area (TPSA) is 133 Å². The molecule has 4 heterocycles. The molecule has 5 atom stereocenters. The number of nitrogens with zero attached hydrogens (tertiary/aromatic N) is 2. The minimum atomic E-state index is -5.72. The highest BCUT2D eigenvalue weighted by atomic mass is 32.2. The Morgan fingerprint density at radius 2 is 2.02 bits per heavy atom. The van der Waals surface area contributed by atoms with E-state index in [0.717, 1.165) is 26.0 Å². The van der Waals surface area contributed by atoms with Crippen LogP contribution in [0.2, 0.25) is 0 Å². The third-order valence-corrected chi connectivity index (χ3v) is 8.84. The van der Waals surface area contributed by atoms with Crippen LogP contribution in [0.3, 0.4) is 0 Å². The van der Waals surface area contributed by atoms with Crippen LogP contribution in [0, 0.1) is 11.8 Å². The van der Waals surface area contributed by atoms with E-state index in [1.165, 1.54) is 24.3 Å². The van der Waals surface area contributed by atoms with Gasteiger partial charge in [0.25, 0.3) is 0 Å². The average molecular weight is 650 g/mol. The predicted octanol–water partition coefficient (Wildman–Crippen LogP) is 3.71. The Hall–Kier alpha value is -3.10. The van der Waals surface area contributed by atoms with Gasteiger partial charge in [-0.3, -0.25) is 4.90 Å². The summed E-state index contributed by atoms with van der Waals surface area (Å²) in [6, 6.07) is 5.36. The van der Waals surface area contributed by atoms with Crippen LogP contribution in [0.15, 0.2) is 47.4 Å². The molecule has 0 bridgehead atoms. The molecule has 4 aliphatic heterocycles. The van der Waals surface area contributed by atoms with Crippen LogP contribution in [0.4, 0.5) is 4.79 Å². The van der Waals surface area contributed by atoms with Crippen molar-refractivity contribution in [2.75, 3.05) is 32.9 Å². The predicted molar refractivity (Wildman–Crippen MR) is 157 cm³/mol. The minimum absolute atomic E-state index is 0.179. The van der Waals surface area contributed by atoms with E-state index in [-0.39, 0.29) is 17.1 Å². The van der Waals surface area contributed by atoms with Gasteiger partial charge in [-0.05, 0) is 62.4 Å². The van der Waals surface area contributed by atoms with Crippen molar-refractivity contribution in [1.29, 1.82) is 0 Å². The normalized spacial score (nSPS) is 40.9. The molecule has 6 rings (SSSR count). The number of phenolic OH excluding ortho intramolecular Hbond substituents is 1. The van der Waals surface area contributed by atoms with Crippen molar-refractivity contribution >= 4 is 16.1 Å². The van der Waals surface area contributed by atoms with E-state index in [9.17, 15) is 19.7 Å². The summed E-state index contributed by atoms with van der Waals surface area (Å²) in [6.07, 6.45) is -10.7. The van der Waals surface area contributed by atoms with Gasteiger partial charge in [-0.25, -0.2) is 13.2 Å². The molecule has 4 aliphatic rings.